The maximum Gasteiger partial charge on any atom is 0.341 e. The number of carbonyl (C=O) groups is 3. The Balaban J connectivity index is 1.89. The molecule has 1 aromatic carbocycles. The first-order valence-electron chi connectivity index (χ1n) is 10.1. The second kappa shape index (κ2) is 12.3. The van der Waals surface area contributed by atoms with Gasteiger partial charge >= 0.3 is 11.9 Å². The van der Waals surface area contributed by atoms with E-state index in [0.29, 0.717) is 22.5 Å². The third-order valence-corrected chi connectivity index (χ3v) is 6.42. The Labute approximate surface area is 196 Å². The second-order valence-corrected chi connectivity index (χ2v) is 9.58. The number of hydrogen-bond donors (Lipinski definition) is 2. The van der Waals surface area contributed by atoms with Crippen molar-refractivity contribution in [2.45, 2.75) is 27.2 Å². The Morgan fingerprint density at radius 2 is 1.79 bits per heavy atom. The maximum absolute atomic E-state index is 12.3. The molecule has 9 nitrogen and oxygen atoms in total. The van der Waals surface area contributed by atoms with Crippen LogP contribution in [0.15, 0.2) is 35.7 Å². The molecular weight excluding hydrogens is 468 g/mol. The van der Waals surface area contributed by atoms with E-state index in [-0.39, 0.29) is 6.61 Å². The number of ether oxygens (including phenoxy) is 2. The van der Waals surface area contributed by atoms with Crippen molar-refractivity contribution in [2.24, 2.45) is 0 Å². The average Bonchev–Trinajstić information content (AvgIpc) is 3.10. The monoisotopic (exact) mass is 494 g/mol. The number of benzene rings is 1. The van der Waals surface area contributed by atoms with Gasteiger partial charge in [0.25, 0.3) is 5.91 Å². The Kier molecular flexibility index (Phi) is 9.76. The molecule has 0 aliphatic heterocycles. The fourth-order valence-corrected chi connectivity index (χ4v) is 4.71. The van der Waals surface area contributed by atoms with Crippen LogP contribution in [0.1, 0.15) is 40.2 Å². The summed E-state index contributed by atoms with van der Waals surface area (Å²) in [6.45, 7) is 4.33. The van der Waals surface area contributed by atoms with Gasteiger partial charge < -0.3 is 14.8 Å². The summed E-state index contributed by atoms with van der Waals surface area (Å²) in [5.74, 6) is -2.13. The number of carbonyl (C=O) groups excluding carboxylic acids is 3. The molecular formula is C22H26N2O7S2. The molecule has 1 aromatic heterocycles. The first-order valence-corrected chi connectivity index (χ1v) is 12.5. The van der Waals surface area contributed by atoms with E-state index in [2.05, 4.69) is 10.0 Å². The van der Waals surface area contributed by atoms with E-state index < -0.39 is 41.0 Å². The van der Waals surface area contributed by atoms with Crippen LogP contribution in [-0.2, 0) is 35.5 Å². The lowest BCUT2D eigenvalue weighted by molar-refractivity contribution is -0.146. The lowest BCUT2D eigenvalue weighted by atomic mass is 10.1. The van der Waals surface area contributed by atoms with Crippen LogP contribution in [0.2, 0.25) is 0 Å². The number of nitrogens with one attached hydrogen (secondary N) is 2. The second-order valence-electron chi connectivity index (χ2n) is 6.70. The van der Waals surface area contributed by atoms with Crippen molar-refractivity contribution in [3.8, 4) is 0 Å². The van der Waals surface area contributed by atoms with E-state index in [9.17, 15) is 22.8 Å². The number of thiophene rings is 1. The Bertz CT molecular complexity index is 1120. The summed E-state index contributed by atoms with van der Waals surface area (Å²) in [5, 5.41) is 3.81. The van der Waals surface area contributed by atoms with Crippen molar-refractivity contribution in [3.63, 3.8) is 0 Å². The zero-order valence-electron chi connectivity index (χ0n) is 18.5. The highest BCUT2D eigenvalue weighted by atomic mass is 32.2. The number of hydrogen-bond acceptors (Lipinski definition) is 8. The Hall–Kier alpha value is -3.02. The summed E-state index contributed by atoms with van der Waals surface area (Å²) in [5.41, 5.74) is 1.75. The first-order chi connectivity index (χ1) is 15.7. The summed E-state index contributed by atoms with van der Waals surface area (Å²) in [4.78, 5) is 37.3. The molecule has 1 heterocycles. The molecule has 11 heteroatoms. The van der Waals surface area contributed by atoms with E-state index in [1.165, 1.54) is 17.4 Å². The van der Waals surface area contributed by atoms with Crippen molar-refractivity contribution < 1.29 is 32.3 Å². The van der Waals surface area contributed by atoms with Crippen molar-refractivity contribution in [1.29, 1.82) is 0 Å². The average molecular weight is 495 g/mol. The van der Waals surface area contributed by atoms with E-state index in [1.54, 1.807) is 37.3 Å². The number of aryl methyl sites for hydroxylation is 1. The number of rotatable bonds is 11. The van der Waals surface area contributed by atoms with Crippen LogP contribution < -0.4 is 10.0 Å². The molecule has 0 saturated heterocycles. The summed E-state index contributed by atoms with van der Waals surface area (Å²) in [6.07, 6.45) is 1.97. The van der Waals surface area contributed by atoms with Gasteiger partial charge in [-0.1, -0.05) is 37.3 Å². The molecule has 0 fully saturated rings. The molecule has 0 unspecified atom stereocenters. The molecule has 178 valence electrons. The summed E-state index contributed by atoms with van der Waals surface area (Å²) in [7, 11) is -3.87. The molecule has 2 aromatic rings. The van der Waals surface area contributed by atoms with Gasteiger partial charge in [0.2, 0.25) is 10.0 Å². The van der Waals surface area contributed by atoms with Crippen LogP contribution in [-0.4, -0.2) is 46.0 Å². The van der Waals surface area contributed by atoms with Crippen molar-refractivity contribution in [1.82, 2.24) is 4.72 Å². The molecule has 0 radical (unpaired) electrons. The van der Waals surface area contributed by atoms with Crippen molar-refractivity contribution in [2.75, 3.05) is 25.1 Å². The standard InChI is InChI=1S/C22H26N2O7S2/c1-4-17-15(3)32-21(20(17)22(27)30-5-2)24-18(25)14-31-19(26)13-23-33(28,29)12-11-16-9-7-6-8-10-16/h6-12,23H,4-5,13-14H2,1-3H3,(H,24,25)/b12-11+. The smallest absolute Gasteiger partial charge is 0.341 e. The lowest BCUT2D eigenvalue weighted by Crippen LogP contribution is -2.31. The Morgan fingerprint density at radius 3 is 2.42 bits per heavy atom. The van der Waals surface area contributed by atoms with Crippen LogP contribution in [0.5, 0.6) is 0 Å². The third-order valence-electron chi connectivity index (χ3n) is 4.32. The van der Waals surface area contributed by atoms with Gasteiger partial charge in [0.15, 0.2) is 6.61 Å². The summed E-state index contributed by atoms with van der Waals surface area (Å²) in [6, 6.07) is 8.78. The van der Waals surface area contributed by atoms with Crippen LogP contribution in [0, 0.1) is 6.92 Å². The predicted molar refractivity (Wildman–Crippen MR) is 126 cm³/mol. The van der Waals surface area contributed by atoms with Gasteiger partial charge in [0.1, 0.15) is 11.5 Å². The van der Waals surface area contributed by atoms with E-state index >= 15 is 0 Å². The number of amides is 1. The minimum Gasteiger partial charge on any atom is -0.462 e. The molecule has 0 atom stereocenters. The zero-order valence-corrected chi connectivity index (χ0v) is 20.2. The van der Waals surface area contributed by atoms with Crippen LogP contribution in [0.3, 0.4) is 0 Å². The van der Waals surface area contributed by atoms with Gasteiger partial charge in [-0.05, 0) is 37.5 Å². The fourth-order valence-electron chi connectivity index (χ4n) is 2.81. The molecule has 1 amide bonds. The molecule has 0 aliphatic carbocycles. The lowest BCUT2D eigenvalue weighted by Gasteiger charge is -2.09. The van der Waals surface area contributed by atoms with Gasteiger partial charge in [0.05, 0.1) is 12.2 Å². The van der Waals surface area contributed by atoms with Gasteiger partial charge in [-0.25, -0.2) is 17.9 Å². The number of sulfonamides is 1. The molecule has 0 bridgehead atoms. The minimum atomic E-state index is -3.87. The topological polar surface area (TPSA) is 128 Å². The van der Waals surface area contributed by atoms with E-state index in [0.717, 1.165) is 15.8 Å². The van der Waals surface area contributed by atoms with Crippen LogP contribution >= 0.6 is 11.3 Å². The van der Waals surface area contributed by atoms with Crippen LogP contribution in [0.25, 0.3) is 6.08 Å². The number of anilines is 1. The summed E-state index contributed by atoms with van der Waals surface area (Å²) < 4.78 is 35.9. The van der Waals surface area contributed by atoms with Gasteiger partial charge in [-0.15, -0.1) is 11.3 Å². The van der Waals surface area contributed by atoms with Crippen molar-refractivity contribution in [3.05, 3.63) is 57.3 Å². The normalized spacial score (nSPS) is 11.4. The predicted octanol–water partition coefficient (Wildman–Crippen LogP) is 2.87. The van der Waals surface area contributed by atoms with E-state index in [4.69, 9.17) is 9.47 Å². The minimum absolute atomic E-state index is 0.193. The largest absolute Gasteiger partial charge is 0.462 e. The van der Waals surface area contributed by atoms with E-state index in [1.807, 2.05) is 13.8 Å². The fraction of sp³-hybridized carbons (Fsp3) is 0.318. The highest BCUT2D eigenvalue weighted by Crippen LogP contribution is 2.34. The maximum atomic E-state index is 12.3. The zero-order chi connectivity index (χ0) is 24.4. The molecule has 33 heavy (non-hydrogen) atoms. The van der Waals surface area contributed by atoms with Gasteiger partial charge in [-0.2, -0.15) is 0 Å². The van der Waals surface area contributed by atoms with Crippen LogP contribution in [0.4, 0.5) is 5.00 Å². The molecule has 0 spiro atoms. The molecule has 0 aliphatic rings. The third kappa shape index (κ3) is 8.12. The molecule has 2 N–H and O–H groups in total. The molecule has 0 saturated carbocycles. The SMILES string of the molecule is CCOC(=O)c1c(NC(=O)COC(=O)CNS(=O)(=O)/C=C/c2ccccc2)sc(C)c1CC. The quantitative estimate of drug-likeness (QED) is 0.460. The number of esters is 2. The van der Waals surface area contributed by atoms with Gasteiger partial charge in [-0.3, -0.25) is 9.59 Å². The Morgan fingerprint density at radius 1 is 1.09 bits per heavy atom. The summed E-state index contributed by atoms with van der Waals surface area (Å²) >= 11 is 1.23. The first kappa shape index (κ1) is 26.2. The highest BCUT2D eigenvalue weighted by molar-refractivity contribution is 7.92. The van der Waals surface area contributed by atoms with Crippen molar-refractivity contribution >= 4 is 50.3 Å². The van der Waals surface area contributed by atoms with Gasteiger partial charge in [0, 0.05) is 10.3 Å². The molecule has 2 rings (SSSR count). The highest BCUT2D eigenvalue weighted by Gasteiger charge is 2.23.